The van der Waals surface area contributed by atoms with E-state index in [1.165, 1.54) is 105 Å². The molecule has 0 heterocycles. The second-order valence-corrected chi connectivity index (χ2v) is 42.7. The lowest BCUT2D eigenvalue weighted by atomic mass is 9.71. The molecule has 0 fully saturated rings. The van der Waals surface area contributed by atoms with Crippen molar-refractivity contribution in [2.75, 3.05) is 26.9 Å². The first-order valence-corrected chi connectivity index (χ1v) is 47.6. The average molecular weight is 1600 g/mol. The first-order chi connectivity index (χ1) is 53.4. The molecule has 0 atom stereocenters. The Hall–Kier alpha value is -9.51. The molecule has 0 saturated heterocycles. The van der Waals surface area contributed by atoms with Crippen LogP contribution in [0.15, 0.2) is 250 Å². The normalized spacial score (nSPS) is 10.2. The third kappa shape index (κ3) is 67.0. The monoisotopic (exact) mass is 1600 g/mol. The fraction of sp³-hybridized carbons (Fsp3) is 0.420. The summed E-state index contributed by atoms with van der Waals surface area (Å²) in [5, 5.41) is 0. The molecule has 0 spiro atoms. The van der Waals surface area contributed by atoms with E-state index in [9.17, 15) is 28.8 Å². The molecule has 14 heteroatoms. The molecule has 8 aromatic rings. The van der Waals surface area contributed by atoms with Gasteiger partial charge in [0.15, 0.2) is 0 Å². The van der Waals surface area contributed by atoms with Crippen molar-refractivity contribution in [2.24, 2.45) is 5.41 Å². The molecule has 12 nitrogen and oxygen atoms in total. The molecule has 0 aromatic heterocycles. The van der Waals surface area contributed by atoms with E-state index in [1.54, 1.807) is 7.11 Å². The molecule has 0 saturated carbocycles. The van der Waals surface area contributed by atoms with Gasteiger partial charge >= 0.3 is 29.8 Å². The van der Waals surface area contributed by atoms with Gasteiger partial charge in [0.25, 0.3) is 0 Å². The smallest absolute Gasteiger partial charge is 0.303 e. The van der Waals surface area contributed by atoms with E-state index in [0.29, 0.717) is 31.8 Å². The number of rotatable bonds is 16. The number of carbonyl (C=O) groups excluding carboxylic acids is 6. The minimum Gasteiger partial charge on any atom is -0.497 e. The van der Waals surface area contributed by atoms with Gasteiger partial charge in [0, 0.05) is 62.1 Å². The Kier molecular flexibility index (Phi) is 66.3. The number of esters is 5. The van der Waals surface area contributed by atoms with Crippen LogP contribution in [0.1, 0.15) is 209 Å². The van der Waals surface area contributed by atoms with Crippen LogP contribution in [0.2, 0.25) is 51.9 Å². The topological polar surface area (TPSA) is 158 Å². The summed E-state index contributed by atoms with van der Waals surface area (Å²) in [6.07, 6.45) is 6.71. The average Bonchev–Trinajstić information content (AvgIpc) is 1.57. The van der Waals surface area contributed by atoms with Crippen molar-refractivity contribution in [1.82, 2.24) is 0 Å². The number of fused-ring (bicyclic) bond motifs is 3. The van der Waals surface area contributed by atoms with Gasteiger partial charge < -0.3 is 33.2 Å². The van der Waals surface area contributed by atoms with E-state index in [0.717, 1.165) is 36.6 Å². The summed E-state index contributed by atoms with van der Waals surface area (Å²) < 4.78 is 29.0. The highest BCUT2D eigenvalue weighted by atomic mass is 28.3. The van der Waals surface area contributed by atoms with Gasteiger partial charge in [-0.3, -0.25) is 24.0 Å². The third-order valence-electron chi connectivity index (χ3n) is 13.9. The molecule has 0 unspecified atom stereocenters. The van der Waals surface area contributed by atoms with E-state index >= 15 is 0 Å². The van der Waals surface area contributed by atoms with Crippen molar-refractivity contribution >= 4 is 51.8 Å². The van der Waals surface area contributed by atoms with Gasteiger partial charge in [0.1, 0.15) is 37.0 Å². The molecule has 114 heavy (non-hydrogen) atoms. The lowest BCUT2D eigenvalue weighted by Gasteiger charge is -2.31. The van der Waals surface area contributed by atoms with Crippen LogP contribution in [0.25, 0.3) is 11.1 Å². The van der Waals surface area contributed by atoms with Crippen LogP contribution >= 0.6 is 0 Å². The molecule has 0 aliphatic heterocycles. The Bertz CT molecular complexity index is 3540. The molecule has 1 aliphatic rings. The first-order valence-electron chi connectivity index (χ1n) is 39.9. The molecular weight excluding hydrogens is 1450 g/mol. The van der Waals surface area contributed by atoms with Gasteiger partial charge in [-0.2, -0.15) is 0 Å². The van der Waals surface area contributed by atoms with Crippen LogP contribution in [0, 0.1) is 5.41 Å². The minimum absolute atomic E-state index is 0.121. The van der Waals surface area contributed by atoms with E-state index in [1.807, 2.05) is 127 Å². The Labute approximate surface area is 695 Å². The van der Waals surface area contributed by atoms with E-state index < -0.39 is 16.1 Å². The van der Waals surface area contributed by atoms with Gasteiger partial charge in [-0.05, 0) is 140 Å². The summed E-state index contributed by atoms with van der Waals surface area (Å²) in [4.78, 5) is 61.3. The van der Waals surface area contributed by atoms with Crippen molar-refractivity contribution in [3.05, 3.63) is 294 Å². The summed E-state index contributed by atoms with van der Waals surface area (Å²) in [6, 6.07) is 78.0. The number of Topliss-reactive ketones (excluding diaryl/α,β-unsaturated/α-hetero) is 1. The number of benzene rings is 8. The molecule has 0 N–H and O–H groups in total. The molecule has 0 amide bonds. The highest BCUT2D eigenvalue weighted by Crippen LogP contribution is 2.44. The highest BCUT2D eigenvalue weighted by molar-refractivity contribution is 6.76. The van der Waals surface area contributed by atoms with Crippen LogP contribution in [-0.2, 0) is 77.3 Å². The largest absolute Gasteiger partial charge is 0.497 e. The molecule has 630 valence electrons. The van der Waals surface area contributed by atoms with E-state index in [4.69, 9.17) is 23.7 Å². The molecule has 9 rings (SSSR count). The summed E-state index contributed by atoms with van der Waals surface area (Å²) in [7, 11) is 0.0691. The quantitative estimate of drug-likeness (QED) is 0.0297. The summed E-state index contributed by atoms with van der Waals surface area (Å²) in [6.45, 7) is 65.7. The molecule has 0 bridgehead atoms. The number of carbonyl (C=O) groups is 6. The predicted molar refractivity (Wildman–Crippen MR) is 492 cm³/mol. The zero-order chi connectivity index (χ0) is 88.4. The van der Waals surface area contributed by atoms with Crippen LogP contribution in [0.5, 0.6) is 5.75 Å². The third-order valence-corrected chi connectivity index (χ3v) is 15.6. The SMILES string of the molecule is C=CCC.C=CCOC(C)=O.CC.CC.CC(=O)OC(C)(C)C.CC(=O)OCC1c2ccccc2-c2ccccc21.CC(=O)OCC[Si](C)(C)C.CC(=O)OCc1ccccc1.CC(C)(C)C.CC(C)=O.CC(c1ccccc1)(c1ccccc1)c1ccccc1.CCc1ccc(OC)cc1.CCc1ccccc1.C[Si](C)(C)C. The Balaban J connectivity index is -0.000000391. The van der Waals surface area contributed by atoms with Crippen molar-refractivity contribution in [2.45, 2.75) is 247 Å². The van der Waals surface area contributed by atoms with Crippen LogP contribution in [-0.4, -0.2) is 84.3 Å². The van der Waals surface area contributed by atoms with E-state index in [-0.39, 0.29) is 52.6 Å². The Morgan fingerprint density at radius 2 is 0.702 bits per heavy atom. The number of hydrogen-bond donors (Lipinski definition) is 0. The van der Waals surface area contributed by atoms with Crippen molar-refractivity contribution in [3.63, 3.8) is 0 Å². The maximum Gasteiger partial charge on any atom is 0.303 e. The van der Waals surface area contributed by atoms with E-state index in [2.05, 4.69) is 271 Å². The fourth-order valence-electron chi connectivity index (χ4n) is 8.90. The molecule has 1 aliphatic carbocycles. The standard InChI is InChI=1S/C20H18.C16H14O2.C9H10O2.C9H12O.C8H10.C7H16O2Si.C6H12O2.C5H8O2.C5H12.C4H12Si.C4H8.C3H6O.2C2H6/c1-20(17-11-5-2-6-12-17,18-13-7-3-8-14-18)19-15-9-4-10-16-19;1-11(17)18-10-16-14-8-4-2-6-12(14)13-7-3-5-9-15(13)16;1-8(10)11-7-9-5-3-2-4-6-9;1-3-8-4-6-9(10-2)7-5-8;1-2-8-6-4-3-5-7-8;1-7(8)9-5-6-10(2,3)4;1-5(7)8-6(2,3)4;1-3-4-7-5(2)6;2*1-5(2,3)4;1-3-4-2;1-3(2)4;2*1-2/h2-16H,1H3;2-9,16H,10H2,1H3;2-6H,7H2,1H3;4-7H,3H2,1-2H3;3-7H,2H2,1H3;5-6H2,1-4H3;1-4H3;3H,1,4H2,2H3;2*1-4H3;3H,1,4H2,2H3;1-2H3;2*1-2H3. The van der Waals surface area contributed by atoms with Crippen LogP contribution in [0.4, 0.5) is 0 Å². The zero-order valence-electron chi connectivity index (χ0n) is 76.1. The first kappa shape index (κ1) is 113. The maximum atomic E-state index is 11.0. The predicted octanol–water partition coefficient (Wildman–Crippen LogP) is 26.9. The number of ketones is 1. The summed E-state index contributed by atoms with van der Waals surface area (Å²) >= 11 is 0. The number of aryl methyl sites for hydroxylation is 2. The second kappa shape index (κ2) is 66.9. The Morgan fingerprint density at radius 3 is 0.947 bits per heavy atom. The van der Waals surface area contributed by atoms with Gasteiger partial charge in [0.05, 0.1) is 13.7 Å². The minimum atomic E-state index is -1.00. The Morgan fingerprint density at radius 1 is 0.404 bits per heavy atom. The number of ether oxygens (including phenoxy) is 6. The van der Waals surface area contributed by atoms with Gasteiger partial charge in [-0.1, -0.05) is 353 Å². The highest BCUT2D eigenvalue weighted by Gasteiger charge is 2.31. The lowest BCUT2D eigenvalue weighted by Crippen LogP contribution is -2.25. The van der Waals surface area contributed by atoms with Crippen LogP contribution < -0.4 is 4.74 Å². The zero-order valence-corrected chi connectivity index (χ0v) is 78.1. The molecule has 8 aromatic carbocycles. The summed E-state index contributed by atoms with van der Waals surface area (Å²) in [5.74, 6) is 0.139. The van der Waals surface area contributed by atoms with Gasteiger partial charge in [-0.15, -0.1) is 6.58 Å². The maximum absolute atomic E-state index is 11.0. The molecular formula is C100H150O12Si2. The van der Waals surface area contributed by atoms with Crippen molar-refractivity contribution in [3.8, 4) is 16.9 Å². The number of hydrogen-bond acceptors (Lipinski definition) is 12. The van der Waals surface area contributed by atoms with Gasteiger partial charge in [0.2, 0.25) is 0 Å². The lowest BCUT2D eigenvalue weighted by molar-refractivity contribution is -0.152. The number of allylic oxidation sites excluding steroid dienone is 1. The molecule has 0 radical (unpaired) electrons. The summed E-state index contributed by atoms with van der Waals surface area (Å²) in [5.41, 5.74) is 12.8. The van der Waals surface area contributed by atoms with Crippen LogP contribution in [0.3, 0.4) is 0 Å². The van der Waals surface area contributed by atoms with Crippen molar-refractivity contribution < 1.29 is 57.2 Å². The fourth-order valence-corrected chi connectivity index (χ4v) is 9.61. The van der Waals surface area contributed by atoms with Gasteiger partial charge in [-0.25, -0.2) is 0 Å². The second-order valence-electron chi connectivity index (χ2n) is 31.1. The van der Waals surface area contributed by atoms with Crippen molar-refractivity contribution in [1.29, 1.82) is 0 Å². The number of methoxy groups -OCH3 is 1.